The molecule has 2 atom stereocenters. The standard InChI is InChI=1S/C21H27N3O5/c1-14(15-5-3-2-4-6-15)24-12-17(11-18(24)25)21(28)29-13-19(26)23-9-7-16(8-10-23)20(22)27/h2-6,14,16-17H,7-13H2,1H3,(H2,22,27)/t14-,17+/m1/s1. The molecule has 2 N–H and O–H groups in total. The zero-order chi connectivity index (χ0) is 21.0. The van der Waals surface area contributed by atoms with Gasteiger partial charge in [0.2, 0.25) is 11.8 Å². The summed E-state index contributed by atoms with van der Waals surface area (Å²) < 4.78 is 5.20. The van der Waals surface area contributed by atoms with Gasteiger partial charge in [-0.25, -0.2) is 0 Å². The van der Waals surface area contributed by atoms with Crippen molar-refractivity contribution >= 4 is 23.7 Å². The van der Waals surface area contributed by atoms with E-state index in [4.69, 9.17) is 10.5 Å². The van der Waals surface area contributed by atoms with Gasteiger partial charge in [-0.2, -0.15) is 0 Å². The van der Waals surface area contributed by atoms with Crippen molar-refractivity contribution in [1.29, 1.82) is 0 Å². The zero-order valence-electron chi connectivity index (χ0n) is 16.6. The number of likely N-dealkylation sites (tertiary alicyclic amines) is 2. The molecular weight excluding hydrogens is 374 g/mol. The third-order valence-corrected chi connectivity index (χ3v) is 5.83. The second-order valence-corrected chi connectivity index (χ2v) is 7.70. The Balaban J connectivity index is 1.47. The molecule has 2 aliphatic rings. The third kappa shape index (κ3) is 4.93. The molecule has 2 heterocycles. The molecule has 8 nitrogen and oxygen atoms in total. The Morgan fingerprint density at radius 1 is 1.14 bits per heavy atom. The highest BCUT2D eigenvalue weighted by Gasteiger charge is 2.38. The maximum Gasteiger partial charge on any atom is 0.311 e. The Bertz CT molecular complexity index is 774. The number of hydrogen-bond acceptors (Lipinski definition) is 5. The largest absolute Gasteiger partial charge is 0.455 e. The molecule has 0 unspecified atom stereocenters. The molecule has 0 saturated carbocycles. The van der Waals surface area contributed by atoms with Crippen LogP contribution in [0.1, 0.15) is 37.8 Å². The predicted molar refractivity (Wildman–Crippen MR) is 104 cm³/mol. The number of piperidine rings is 1. The lowest BCUT2D eigenvalue weighted by molar-refractivity contribution is -0.155. The Labute approximate surface area is 170 Å². The minimum Gasteiger partial charge on any atom is -0.455 e. The number of carbonyl (C=O) groups is 4. The summed E-state index contributed by atoms with van der Waals surface area (Å²) in [6, 6.07) is 9.50. The first-order valence-electron chi connectivity index (χ1n) is 9.95. The first-order valence-corrected chi connectivity index (χ1v) is 9.95. The summed E-state index contributed by atoms with van der Waals surface area (Å²) in [5.41, 5.74) is 6.30. The molecule has 29 heavy (non-hydrogen) atoms. The van der Waals surface area contributed by atoms with Crippen molar-refractivity contribution < 1.29 is 23.9 Å². The summed E-state index contributed by atoms with van der Waals surface area (Å²) >= 11 is 0. The Morgan fingerprint density at radius 2 is 1.79 bits per heavy atom. The van der Waals surface area contributed by atoms with E-state index in [0.717, 1.165) is 5.56 Å². The van der Waals surface area contributed by atoms with Gasteiger partial charge in [-0.15, -0.1) is 0 Å². The van der Waals surface area contributed by atoms with Crippen LogP contribution in [0.2, 0.25) is 0 Å². The van der Waals surface area contributed by atoms with Crippen LogP contribution in [0.15, 0.2) is 30.3 Å². The number of carbonyl (C=O) groups excluding carboxylic acids is 4. The van der Waals surface area contributed by atoms with E-state index in [1.165, 1.54) is 0 Å². The van der Waals surface area contributed by atoms with Crippen LogP contribution < -0.4 is 5.73 Å². The van der Waals surface area contributed by atoms with E-state index >= 15 is 0 Å². The fourth-order valence-electron chi connectivity index (χ4n) is 3.93. The highest BCUT2D eigenvalue weighted by atomic mass is 16.5. The molecule has 2 aliphatic heterocycles. The fourth-order valence-corrected chi connectivity index (χ4v) is 3.93. The molecule has 3 rings (SSSR count). The van der Waals surface area contributed by atoms with E-state index in [9.17, 15) is 19.2 Å². The first-order chi connectivity index (χ1) is 13.9. The van der Waals surface area contributed by atoms with Crippen molar-refractivity contribution in [2.45, 2.75) is 32.2 Å². The second kappa shape index (κ2) is 9.07. The average molecular weight is 401 g/mol. The molecule has 1 aromatic carbocycles. The van der Waals surface area contributed by atoms with Crippen molar-refractivity contribution in [3.05, 3.63) is 35.9 Å². The maximum atomic E-state index is 12.4. The number of primary amides is 1. The van der Waals surface area contributed by atoms with Crippen LogP contribution >= 0.6 is 0 Å². The number of esters is 1. The van der Waals surface area contributed by atoms with Gasteiger partial charge in [0.25, 0.3) is 5.91 Å². The lowest BCUT2D eigenvalue weighted by Gasteiger charge is -2.30. The molecule has 156 valence electrons. The predicted octanol–water partition coefficient (Wildman–Crippen LogP) is 0.863. The fraction of sp³-hybridized carbons (Fsp3) is 0.524. The van der Waals surface area contributed by atoms with Crippen LogP contribution in [0.25, 0.3) is 0 Å². The van der Waals surface area contributed by atoms with Crippen molar-refractivity contribution in [1.82, 2.24) is 9.80 Å². The smallest absolute Gasteiger partial charge is 0.311 e. The van der Waals surface area contributed by atoms with E-state index in [-0.39, 0.29) is 49.3 Å². The number of nitrogens with zero attached hydrogens (tertiary/aromatic N) is 2. The number of benzene rings is 1. The number of rotatable bonds is 6. The molecule has 1 aromatic rings. The number of ether oxygens (including phenoxy) is 1. The summed E-state index contributed by atoms with van der Waals surface area (Å²) in [6.07, 6.45) is 1.14. The second-order valence-electron chi connectivity index (χ2n) is 7.70. The van der Waals surface area contributed by atoms with Gasteiger partial charge in [-0.05, 0) is 25.3 Å². The first kappa shape index (κ1) is 20.8. The van der Waals surface area contributed by atoms with E-state index in [0.29, 0.717) is 25.9 Å². The van der Waals surface area contributed by atoms with Crippen LogP contribution in [0.5, 0.6) is 0 Å². The van der Waals surface area contributed by atoms with Crippen molar-refractivity contribution in [3.8, 4) is 0 Å². The molecule has 0 aliphatic carbocycles. The maximum absolute atomic E-state index is 12.4. The van der Waals surface area contributed by atoms with Gasteiger partial charge in [-0.1, -0.05) is 30.3 Å². The average Bonchev–Trinajstić information content (AvgIpc) is 3.13. The molecule has 0 spiro atoms. The van der Waals surface area contributed by atoms with E-state index < -0.39 is 11.9 Å². The van der Waals surface area contributed by atoms with Gasteiger partial charge in [0, 0.05) is 32.0 Å². The molecule has 0 aromatic heterocycles. The minimum absolute atomic E-state index is 0.0915. The molecule has 2 fully saturated rings. The summed E-state index contributed by atoms with van der Waals surface area (Å²) in [6.45, 7) is 2.72. The molecule has 0 bridgehead atoms. The number of amides is 3. The van der Waals surface area contributed by atoms with Crippen molar-refractivity contribution in [2.75, 3.05) is 26.2 Å². The highest BCUT2D eigenvalue weighted by molar-refractivity contribution is 5.88. The lowest BCUT2D eigenvalue weighted by atomic mass is 9.96. The van der Waals surface area contributed by atoms with Crippen LogP contribution in [0, 0.1) is 11.8 Å². The zero-order valence-corrected chi connectivity index (χ0v) is 16.6. The van der Waals surface area contributed by atoms with Crippen LogP contribution in [-0.4, -0.2) is 59.7 Å². The summed E-state index contributed by atoms with van der Waals surface area (Å²) in [5, 5.41) is 0. The van der Waals surface area contributed by atoms with E-state index in [2.05, 4.69) is 0 Å². The van der Waals surface area contributed by atoms with Crippen molar-refractivity contribution in [2.24, 2.45) is 17.6 Å². The normalized spacial score (nSPS) is 21.1. The molecule has 0 radical (unpaired) electrons. The molecule has 8 heteroatoms. The van der Waals surface area contributed by atoms with E-state index in [1.54, 1.807) is 9.80 Å². The Morgan fingerprint density at radius 3 is 2.41 bits per heavy atom. The monoisotopic (exact) mass is 401 g/mol. The quantitative estimate of drug-likeness (QED) is 0.711. The number of nitrogens with two attached hydrogens (primary N) is 1. The highest BCUT2D eigenvalue weighted by Crippen LogP contribution is 2.29. The summed E-state index contributed by atoms with van der Waals surface area (Å²) in [7, 11) is 0. The molecule has 3 amide bonds. The third-order valence-electron chi connectivity index (χ3n) is 5.83. The van der Waals surface area contributed by atoms with Crippen molar-refractivity contribution in [3.63, 3.8) is 0 Å². The summed E-state index contributed by atoms with van der Waals surface area (Å²) in [4.78, 5) is 51.5. The van der Waals surface area contributed by atoms with Gasteiger partial charge in [0.15, 0.2) is 6.61 Å². The van der Waals surface area contributed by atoms with Crippen LogP contribution in [0.4, 0.5) is 0 Å². The molecular formula is C21H27N3O5. The van der Waals surface area contributed by atoms with Gasteiger partial charge in [-0.3, -0.25) is 19.2 Å². The number of hydrogen-bond donors (Lipinski definition) is 1. The van der Waals surface area contributed by atoms with Gasteiger partial charge < -0.3 is 20.3 Å². The van der Waals surface area contributed by atoms with Gasteiger partial charge >= 0.3 is 5.97 Å². The minimum atomic E-state index is -0.568. The lowest BCUT2D eigenvalue weighted by Crippen LogP contribution is -2.43. The Kier molecular flexibility index (Phi) is 6.51. The SMILES string of the molecule is C[C@H](c1ccccc1)N1C[C@@H](C(=O)OCC(=O)N2CCC(C(N)=O)CC2)CC1=O. The van der Waals surface area contributed by atoms with E-state index in [1.807, 2.05) is 37.3 Å². The van der Waals surface area contributed by atoms with Gasteiger partial charge in [0.05, 0.1) is 12.0 Å². The molecule has 2 saturated heterocycles. The van der Waals surface area contributed by atoms with Gasteiger partial charge in [0.1, 0.15) is 0 Å². The van der Waals surface area contributed by atoms with Crippen LogP contribution in [0.3, 0.4) is 0 Å². The Hall–Kier alpha value is -2.90. The summed E-state index contributed by atoms with van der Waals surface area (Å²) in [5.74, 6) is -2.03. The topological polar surface area (TPSA) is 110 Å². The van der Waals surface area contributed by atoms with Crippen LogP contribution in [-0.2, 0) is 23.9 Å².